The lowest BCUT2D eigenvalue weighted by molar-refractivity contribution is -0.135. The number of amides is 2. The first kappa shape index (κ1) is 16.0. The third kappa shape index (κ3) is 4.49. The Hall–Kier alpha value is -1.10. The normalized spacial score (nSPS) is 18.5. The van der Waals surface area contributed by atoms with E-state index >= 15 is 0 Å². The molecule has 1 aliphatic rings. The van der Waals surface area contributed by atoms with Gasteiger partial charge in [-0.2, -0.15) is 0 Å². The Morgan fingerprint density at radius 1 is 1.32 bits per heavy atom. The Labute approximate surface area is 116 Å². The maximum atomic E-state index is 12.1. The van der Waals surface area contributed by atoms with Crippen molar-refractivity contribution in [2.45, 2.75) is 39.7 Å². The van der Waals surface area contributed by atoms with Gasteiger partial charge >= 0.3 is 0 Å². The lowest BCUT2D eigenvalue weighted by Gasteiger charge is -2.35. The summed E-state index contributed by atoms with van der Waals surface area (Å²) >= 11 is 0. The molecule has 1 rings (SSSR count). The van der Waals surface area contributed by atoms with Crippen molar-refractivity contribution in [1.29, 1.82) is 0 Å². The second kappa shape index (κ2) is 6.89. The molecule has 1 saturated heterocycles. The molecule has 0 aromatic heterocycles. The summed E-state index contributed by atoms with van der Waals surface area (Å²) in [5.41, 5.74) is 5.90. The average Bonchev–Trinajstić information content (AvgIpc) is 2.37. The van der Waals surface area contributed by atoms with E-state index in [1.54, 1.807) is 11.8 Å². The molecular formula is C14H27N3O2. The summed E-state index contributed by atoms with van der Waals surface area (Å²) in [7, 11) is 1.83. The van der Waals surface area contributed by atoms with Crippen LogP contribution >= 0.6 is 0 Å². The van der Waals surface area contributed by atoms with Crippen LogP contribution in [0.4, 0.5) is 0 Å². The number of rotatable bonds is 4. The fraction of sp³-hybridized carbons (Fsp3) is 0.857. The molecule has 5 nitrogen and oxygen atoms in total. The van der Waals surface area contributed by atoms with Gasteiger partial charge in [-0.1, -0.05) is 13.8 Å². The predicted molar refractivity (Wildman–Crippen MR) is 75.4 cm³/mol. The number of likely N-dealkylation sites (tertiary alicyclic amines) is 1. The zero-order valence-electron chi connectivity index (χ0n) is 12.6. The van der Waals surface area contributed by atoms with E-state index in [4.69, 9.17) is 5.73 Å². The monoisotopic (exact) mass is 269 g/mol. The van der Waals surface area contributed by atoms with Crippen molar-refractivity contribution in [3.05, 3.63) is 0 Å². The second-order valence-corrected chi connectivity index (χ2v) is 5.94. The van der Waals surface area contributed by atoms with E-state index < -0.39 is 6.04 Å². The summed E-state index contributed by atoms with van der Waals surface area (Å²) in [5, 5.41) is 0. The van der Waals surface area contributed by atoms with Crippen LogP contribution in [-0.4, -0.2) is 54.3 Å². The maximum absolute atomic E-state index is 12.1. The molecule has 1 atom stereocenters. The molecule has 0 bridgehead atoms. The Balaban J connectivity index is 2.40. The van der Waals surface area contributed by atoms with E-state index in [1.165, 1.54) is 0 Å². The summed E-state index contributed by atoms with van der Waals surface area (Å²) < 4.78 is 0. The fourth-order valence-corrected chi connectivity index (χ4v) is 2.35. The highest BCUT2D eigenvalue weighted by molar-refractivity contribution is 5.82. The third-order valence-corrected chi connectivity index (χ3v) is 4.00. The number of nitrogens with two attached hydrogens (primary N) is 1. The molecule has 0 aromatic rings. The van der Waals surface area contributed by atoms with E-state index in [0.717, 1.165) is 32.5 Å². The highest BCUT2D eigenvalue weighted by Gasteiger charge is 2.28. The minimum absolute atomic E-state index is 0.0633. The Kier molecular flexibility index (Phi) is 5.79. The zero-order chi connectivity index (χ0) is 14.6. The minimum atomic E-state index is -0.392. The zero-order valence-corrected chi connectivity index (χ0v) is 12.6. The molecule has 0 saturated carbocycles. The van der Waals surface area contributed by atoms with Crippen LogP contribution in [0.25, 0.3) is 0 Å². The van der Waals surface area contributed by atoms with Crippen molar-refractivity contribution in [3.8, 4) is 0 Å². The largest absolute Gasteiger partial charge is 0.346 e. The molecule has 1 fully saturated rings. The number of nitrogens with zero attached hydrogens (tertiary/aromatic N) is 2. The molecule has 0 unspecified atom stereocenters. The molecule has 110 valence electrons. The van der Waals surface area contributed by atoms with Gasteiger partial charge in [-0.3, -0.25) is 9.59 Å². The Bertz CT molecular complexity index is 323. The standard InChI is InChI=1S/C14H27N3O2/c1-10(2)13(15)14(19)17-7-5-12(6-8-17)9-16(4)11(3)18/h10,12-13H,5-9,15H2,1-4H3/t13-/m0/s1. The van der Waals surface area contributed by atoms with Crippen molar-refractivity contribution < 1.29 is 9.59 Å². The van der Waals surface area contributed by atoms with Gasteiger partial charge in [-0.15, -0.1) is 0 Å². The quantitative estimate of drug-likeness (QED) is 0.816. The van der Waals surface area contributed by atoms with Crippen LogP contribution in [-0.2, 0) is 9.59 Å². The predicted octanol–water partition coefficient (Wildman–Crippen LogP) is 0.687. The van der Waals surface area contributed by atoms with Crippen molar-refractivity contribution in [2.75, 3.05) is 26.7 Å². The van der Waals surface area contributed by atoms with Gasteiger partial charge in [-0.05, 0) is 24.7 Å². The highest BCUT2D eigenvalue weighted by atomic mass is 16.2. The third-order valence-electron chi connectivity index (χ3n) is 4.00. The van der Waals surface area contributed by atoms with Gasteiger partial charge in [-0.25, -0.2) is 0 Å². The molecule has 1 heterocycles. The van der Waals surface area contributed by atoms with Crippen LogP contribution in [0.2, 0.25) is 0 Å². The van der Waals surface area contributed by atoms with Crippen LogP contribution in [0, 0.1) is 11.8 Å². The van der Waals surface area contributed by atoms with Gasteiger partial charge in [0.2, 0.25) is 11.8 Å². The summed E-state index contributed by atoms with van der Waals surface area (Å²) in [4.78, 5) is 26.9. The van der Waals surface area contributed by atoms with E-state index in [1.807, 2.05) is 25.8 Å². The van der Waals surface area contributed by atoms with Crippen molar-refractivity contribution in [2.24, 2.45) is 17.6 Å². The first-order valence-electron chi connectivity index (χ1n) is 7.09. The number of carbonyl (C=O) groups is 2. The van der Waals surface area contributed by atoms with Gasteiger partial charge in [0.15, 0.2) is 0 Å². The fourth-order valence-electron chi connectivity index (χ4n) is 2.35. The smallest absolute Gasteiger partial charge is 0.239 e. The first-order chi connectivity index (χ1) is 8.82. The van der Waals surface area contributed by atoms with Gasteiger partial charge < -0.3 is 15.5 Å². The molecule has 0 radical (unpaired) electrons. The maximum Gasteiger partial charge on any atom is 0.239 e. The molecule has 1 aliphatic heterocycles. The van der Waals surface area contributed by atoms with Crippen molar-refractivity contribution >= 4 is 11.8 Å². The van der Waals surface area contributed by atoms with E-state index in [-0.39, 0.29) is 17.7 Å². The van der Waals surface area contributed by atoms with E-state index in [0.29, 0.717) is 5.92 Å². The van der Waals surface area contributed by atoms with Gasteiger partial charge in [0.25, 0.3) is 0 Å². The summed E-state index contributed by atoms with van der Waals surface area (Å²) in [5.74, 6) is 0.830. The van der Waals surface area contributed by atoms with E-state index in [9.17, 15) is 9.59 Å². The number of hydrogen-bond acceptors (Lipinski definition) is 3. The SMILES string of the molecule is CC(=O)N(C)CC1CCN(C(=O)[C@@H](N)C(C)C)CC1. The van der Waals surface area contributed by atoms with Gasteiger partial charge in [0.1, 0.15) is 0 Å². The molecule has 0 spiro atoms. The second-order valence-electron chi connectivity index (χ2n) is 5.94. The van der Waals surface area contributed by atoms with Crippen LogP contribution < -0.4 is 5.73 Å². The highest BCUT2D eigenvalue weighted by Crippen LogP contribution is 2.19. The Morgan fingerprint density at radius 2 is 1.84 bits per heavy atom. The van der Waals surface area contributed by atoms with E-state index in [2.05, 4.69) is 0 Å². The van der Waals surface area contributed by atoms with Crippen LogP contribution in [0.3, 0.4) is 0 Å². The first-order valence-corrected chi connectivity index (χ1v) is 7.09. The van der Waals surface area contributed by atoms with Crippen LogP contribution in [0.15, 0.2) is 0 Å². The summed E-state index contributed by atoms with van der Waals surface area (Å²) in [6.07, 6.45) is 1.91. The molecular weight excluding hydrogens is 242 g/mol. The average molecular weight is 269 g/mol. The molecule has 2 amide bonds. The molecule has 0 aliphatic carbocycles. The van der Waals surface area contributed by atoms with Crippen LogP contribution in [0.5, 0.6) is 0 Å². The molecule has 2 N–H and O–H groups in total. The minimum Gasteiger partial charge on any atom is -0.346 e. The van der Waals surface area contributed by atoms with Crippen molar-refractivity contribution in [3.63, 3.8) is 0 Å². The molecule has 0 aromatic carbocycles. The van der Waals surface area contributed by atoms with Crippen molar-refractivity contribution in [1.82, 2.24) is 9.80 Å². The molecule has 19 heavy (non-hydrogen) atoms. The molecule has 5 heteroatoms. The summed E-state index contributed by atoms with van der Waals surface area (Å²) in [6.45, 7) is 7.83. The topological polar surface area (TPSA) is 66.6 Å². The van der Waals surface area contributed by atoms with Gasteiger partial charge in [0, 0.05) is 33.6 Å². The van der Waals surface area contributed by atoms with Crippen LogP contribution in [0.1, 0.15) is 33.6 Å². The lowest BCUT2D eigenvalue weighted by Crippen LogP contribution is -2.50. The number of hydrogen-bond donors (Lipinski definition) is 1. The number of piperidine rings is 1. The number of carbonyl (C=O) groups excluding carboxylic acids is 2. The van der Waals surface area contributed by atoms with Gasteiger partial charge in [0.05, 0.1) is 6.04 Å². The summed E-state index contributed by atoms with van der Waals surface area (Å²) in [6, 6.07) is -0.392. The Morgan fingerprint density at radius 3 is 2.26 bits per heavy atom. The lowest BCUT2D eigenvalue weighted by atomic mass is 9.95.